The van der Waals surface area contributed by atoms with E-state index in [0.29, 0.717) is 90.8 Å². The van der Waals surface area contributed by atoms with Gasteiger partial charge in [-0.1, -0.05) is 77.2 Å². The smallest absolute Gasteiger partial charge is 0.258 e. The van der Waals surface area contributed by atoms with Crippen molar-refractivity contribution in [2.75, 3.05) is 40.9 Å². The Morgan fingerprint density at radius 1 is 0.252 bits per heavy atom. The van der Waals surface area contributed by atoms with Gasteiger partial charge in [0.15, 0.2) is 0 Å². The minimum Gasteiger partial charge on any atom is -0.457 e. The van der Waals surface area contributed by atoms with Crippen molar-refractivity contribution in [3.8, 4) is 34.1 Å². The third-order valence-electron chi connectivity index (χ3n) is 17.3. The molecule has 0 aromatic heterocycles. The minimum absolute atomic E-state index is 0. The lowest BCUT2D eigenvalue weighted by molar-refractivity contribution is -0.121. The van der Waals surface area contributed by atoms with E-state index in [0.717, 1.165) is 41.9 Å². The Labute approximate surface area is 614 Å². The lowest BCUT2D eigenvalue weighted by atomic mass is 9.78. The third kappa shape index (κ3) is 16.6. The highest BCUT2D eigenvalue weighted by molar-refractivity contribution is 6.30. The van der Waals surface area contributed by atoms with Gasteiger partial charge in [0.05, 0.1) is 22.7 Å². The summed E-state index contributed by atoms with van der Waals surface area (Å²) in [7, 11) is 0. The molecule has 12 amide bonds. The van der Waals surface area contributed by atoms with Crippen LogP contribution >= 0.6 is 0 Å². The molecule has 22 heteroatoms. The molecule has 10 aromatic rings. The zero-order chi connectivity index (χ0) is 73.5. The number of imide groups is 4. The molecule has 14 rings (SSSR count). The van der Waals surface area contributed by atoms with Gasteiger partial charge >= 0.3 is 0 Å². The average Bonchev–Trinajstić information content (AvgIpc) is 1.78. The van der Waals surface area contributed by atoms with E-state index in [1.807, 2.05) is 72.8 Å². The molecule has 0 spiro atoms. The van der Waals surface area contributed by atoms with Crippen LogP contribution in [0.2, 0.25) is 0 Å². The van der Waals surface area contributed by atoms with Crippen LogP contribution in [0.3, 0.4) is 0 Å². The fourth-order valence-corrected chi connectivity index (χ4v) is 11.5. The Kier molecular flexibility index (Phi) is 21.7. The number of hydrogen-bond acceptors (Lipinski definition) is 14. The predicted molar refractivity (Wildman–Crippen MR) is 407 cm³/mol. The van der Waals surface area contributed by atoms with Gasteiger partial charge in [0.2, 0.25) is 0 Å². The number of hydrogen-bond donors (Lipinski definition) is 4. The zero-order valence-electron chi connectivity index (χ0n) is 55.7. The fraction of sp³-hybridized carbons (Fsp3) is 0.0588. The highest BCUT2D eigenvalue weighted by Gasteiger charge is 2.30. The summed E-state index contributed by atoms with van der Waals surface area (Å²) in [6.07, 6.45) is 9.65. The molecule has 0 saturated heterocycles. The summed E-state index contributed by atoms with van der Waals surface area (Å²) in [5.74, 6) is -2.28. The monoisotopic (exact) mass is 1420 g/mol. The second-order valence-corrected chi connectivity index (χ2v) is 24.5. The van der Waals surface area contributed by atoms with Gasteiger partial charge in [-0.15, -0.1) is 0 Å². The van der Waals surface area contributed by atoms with Crippen molar-refractivity contribution in [2.45, 2.75) is 34.1 Å². The van der Waals surface area contributed by atoms with Gasteiger partial charge in [-0.05, 0) is 216 Å². The van der Waals surface area contributed by atoms with Crippen LogP contribution in [0.5, 0.6) is 23.0 Å². The van der Waals surface area contributed by atoms with Crippen LogP contribution in [-0.4, -0.2) is 70.9 Å². The van der Waals surface area contributed by atoms with Crippen molar-refractivity contribution in [2.24, 2.45) is 0 Å². The first-order valence-electron chi connectivity index (χ1n) is 32.6. The number of amides is 12. The Morgan fingerprint density at radius 3 is 0.664 bits per heavy atom. The molecule has 107 heavy (non-hydrogen) atoms. The summed E-state index contributed by atoms with van der Waals surface area (Å²) in [5.41, 5.74) is 8.98. The molecule has 4 N–H and O–H groups in total. The summed E-state index contributed by atoms with van der Waals surface area (Å²) >= 11 is 0. The van der Waals surface area contributed by atoms with Gasteiger partial charge in [0, 0.05) is 99.0 Å². The summed E-state index contributed by atoms with van der Waals surface area (Å²) in [6, 6.07) is 69.0. The lowest BCUT2D eigenvalue weighted by Crippen LogP contribution is -2.29. The van der Waals surface area contributed by atoms with E-state index in [-0.39, 0.29) is 43.9 Å². The molecule has 4 heterocycles. The number of benzene rings is 10. The molecule has 4 aliphatic heterocycles. The van der Waals surface area contributed by atoms with Crippen molar-refractivity contribution < 1.29 is 67.0 Å². The quantitative estimate of drug-likeness (QED) is 0.0548. The van der Waals surface area contributed by atoms with Crippen LogP contribution in [0.1, 0.15) is 81.3 Å². The maximum atomic E-state index is 12.9. The van der Waals surface area contributed by atoms with Crippen molar-refractivity contribution in [3.63, 3.8) is 0 Å². The fourth-order valence-electron chi connectivity index (χ4n) is 11.5. The number of nitrogens with zero attached hydrogens (tertiary/aromatic N) is 4. The SMILES string of the molecule is C.C.CC(C)(c1ccc(Oc2ccc(NC(=O)c3ccc(N4C(=O)C=CC4=O)cc3)cc2)cc1)c1ccc(Oc2ccc(C(=O)Nc3ccc(N4C(=O)C=CC4=O)cc3)cc2)cc1.O=C(Nc1ccc(-c2ccc(NC(=O)c3ccc(N4C(=O)C=CC4=O)cc3)cc2)cc1)c1ccc(N2C(=O)C=CC2=O)cc1. The molecule has 0 radical (unpaired) electrons. The van der Waals surface area contributed by atoms with Gasteiger partial charge in [0.25, 0.3) is 70.9 Å². The maximum absolute atomic E-state index is 12.9. The van der Waals surface area contributed by atoms with E-state index in [2.05, 4.69) is 35.1 Å². The minimum atomic E-state index is -0.427. The van der Waals surface area contributed by atoms with E-state index in [9.17, 15) is 57.5 Å². The van der Waals surface area contributed by atoms with E-state index in [1.165, 1.54) is 48.6 Å². The molecule has 0 saturated carbocycles. The molecule has 0 fully saturated rings. The van der Waals surface area contributed by atoms with E-state index in [1.54, 1.807) is 170 Å². The number of carbonyl (C=O) groups excluding carboxylic acids is 12. The predicted octanol–water partition coefficient (Wildman–Crippen LogP) is 14.9. The normalized spacial score (nSPS) is 13.4. The van der Waals surface area contributed by atoms with Crippen LogP contribution in [0.25, 0.3) is 11.1 Å². The molecular weight excluding hydrogens is 1360 g/mol. The molecule has 0 unspecified atom stereocenters. The molecule has 10 aromatic carbocycles. The van der Waals surface area contributed by atoms with Crippen LogP contribution in [0, 0.1) is 0 Å². The van der Waals surface area contributed by atoms with Crippen molar-refractivity contribution in [3.05, 3.63) is 325 Å². The first-order valence-corrected chi connectivity index (χ1v) is 32.6. The second kappa shape index (κ2) is 31.6. The van der Waals surface area contributed by atoms with Crippen LogP contribution in [0.4, 0.5) is 45.5 Å². The summed E-state index contributed by atoms with van der Waals surface area (Å²) in [5, 5.41) is 11.3. The Hall–Kier alpha value is -14.8. The van der Waals surface area contributed by atoms with E-state index < -0.39 is 47.3 Å². The van der Waals surface area contributed by atoms with Crippen LogP contribution < -0.4 is 50.3 Å². The van der Waals surface area contributed by atoms with Gasteiger partial charge in [-0.2, -0.15) is 0 Å². The molecule has 530 valence electrons. The second-order valence-electron chi connectivity index (χ2n) is 24.5. The Bertz CT molecular complexity index is 5080. The van der Waals surface area contributed by atoms with Crippen LogP contribution in [-0.2, 0) is 43.8 Å². The Morgan fingerprint density at radius 2 is 0.430 bits per heavy atom. The van der Waals surface area contributed by atoms with Crippen molar-refractivity contribution in [1.29, 1.82) is 0 Å². The molecule has 0 bridgehead atoms. The highest BCUT2D eigenvalue weighted by Crippen LogP contribution is 2.36. The average molecular weight is 1420 g/mol. The van der Waals surface area contributed by atoms with Gasteiger partial charge in [-0.3, -0.25) is 57.5 Å². The van der Waals surface area contributed by atoms with Crippen molar-refractivity contribution in [1.82, 2.24) is 0 Å². The number of nitrogens with one attached hydrogen (secondary N) is 4. The molecular formula is C85H66N8O14. The highest BCUT2D eigenvalue weighted by atomic mass is 16.5. The summed E-state index contributed by atoms with van der Waals surface area (Å²) in [6.45, 7) is 4.27. The van der Waals surface area contributed by atoms with Gasteiger partial charge in [0.1, 0.15) is 23.0 Å². The molecule has 0 atom stereocenters. The number of ether oxygens (including phenoxy) is 2. The number of carbonyl (C=O) groups is 12. The first-order chi connectivity index (χ1) is 50.7. The molecule has 0 aliphatic carbocycles. The van der Waals surface area contributed by atoms with Gasteiger partial charge < -0.3 is 30.7 Å². The third-order valence-corrected chi connectivity index (χ3v) is 17.3. The molecule has 22 nitrogen and oxygen atoms in total. The summed E-state index contributed by atoms with van der Waals surface area (Å²) in [4.78, 5) is 150. The van der Waals surface area contributed by atoms with E-state index in [4.69, 9.17) is 9.47 Å². The van der Waals surface area contributed by atoms with Crippen molar-refractivity contribution >= 4 is 116 Å². The first kappa shape index (κ1) is 73.4. The summed E-state index contributed by atoms with van der Waals surface area (Å²) < 4.78 is 12.2. The Balaban J connectivity index is 0.000000220. The standard InChI is InChI=1S/C49H36N4O8.C34H22N4O6.2CH4/c1-49(2,33-7-21-40(22-8-33)60-39-19-5-32(6-20-39)48(59)50-35-11-17-38(18-12-35)53-45(56)29-30-46(53)57)34-9-23-41(24-10-34)61-42-25-13-36(14-26-42)51-47(58)31-3-15-37(16-4-31)52-43(54)27-28-44(52)55;39-29-17-18-30(40)37(29)27-13-5-23(6-14-27)33(43)35-25-9-1-21(2-10-25)22-3-11-26(12-4-22)36-34(44)24-7-15-28(16-8-24)38-31(41)19-20-32(38)42;;/h3-30H,1-2H3,(H,50,59)(H,51,58);1-20H,(H,35,43)(H,36,44);2*1H4. The van der Waals surface area contributed by atoms with E-state index >= 15 is 0 Å². The number of rotatable bonds is 19. The topological polar surface area (TPSA) is 284 Å². The lowest BCUT2D eigenvalue weighted by Gasteiger charge is -2.26. The number of anilines is 8. The zero-order valence-corrected chi connectivity index (χ0v) is 55.7. The molecule has 4 aliphatic rings. The van der Waals surface area contributed by atoms with Crippen LogP contribution in [0.15, 0.2) is 291 Å². The maximum Gasteiger partial charge on any atom is 0.258 e. The largest absolute Gasteiger partial charge is 0.457 e. The van der Waals surface area contributed by atoms with Gasteiger partial charge in [-0.25, -0.2) is 19.6 Å².